The molecule has 0 aromatic heterocycles. The van der Waals surface area contributed by atoms with Gasteiger partial charge in [0.05, 0.1) is 0 Å². The Balaban J connectivity index is 2.13. The lowest BCUT2D eigenvalue weighted by atomic mass is 10.1. The lowest BCUT2D eigenvalue weighted by molar-refractivity contribution is 0.0591. The average molecular weight is 227 g/mol. The van der Waals surface area contributed by atoms with Gasteiger partial charge in [0, 0.05) is 25.2 Å². The van der Waals surface area contributed by atoms with E-state index in [0.29, 0.717) is 12.1 Å². The SMILES string of the molecule is CC1CN(CCCCCCN)CC(C)N1C. The van der Waals surface area contributed by atoms with Crippen LogP contribution in [0.1, 0.15) is 39.5 Å². The highest BCUT2D eigenvalue weighted by atomic mass is 15.3. The maximum atomic E-state index is 5.49. The van der Waals surface area contributed by atoms with Crippen LogP contribution in [-0.4, -0.2) is 55.1 Å². The molecule has 1 heterocycles. The van der Waals surface area contributed by atoms with Crippen LogP contribution in [0.4, 0.5) is 0 Å². The highest BCUT2D eigenvalue weighted by Crippen LogP contribution is 2.14. The molecule has 0 radical (unpaired) electrons. The summed E-state index contributed by atoms with van der Waals surface area (Å²) in [5, 5.41) is 0. The topological polar surface area (TPSA) is 32.5 Å². The van der Waals surface area contributed by atoms with E-state index in [9.17, 15) is 0 Å². The first-order valence-corrected chi connectivity index (χ1v) is 6.79. The Hall–Kier alpha value is -0.120. The van der Waals surface area contributed by atoms with E-state index in [-0.39, 0.29) is 0 Å². The fraction of sp³-hybridized carbons (Fsp3) is 1.00. The third-order valence-electron chi connectivity index (χ3n) is 3.86. The molecule has 1 aliphatic heterocycles. The van der Waals surface area contributed by atoms with E-state index < -0.39 is 0 Å². The van der Waals surface area contributed by atoms with Gasteiger partial charge in [-0.3, -0.25) is 4.90 Å². The Labute approximate surface area is 101 Å². The predicted octanol–water partition coefficient (Wildman–Crippen LogP) is 1.53. The first kappa shape index (κ1) is 13.9. The third kappa shape index (κ3) is 4.40. The largest absolute Gasteiger partial charge is 0.330 e. The van der Waals surface area contributed by atoms with Gasteiger partial charge in [-0.1, -0.05) is 12.8 Å². The van der Waals surface area contributed by atoms with Gasteiger partial charge in [-0.15, -0.1) is 0 Å². The van der Waals surface area contributed by atoms with E-state index in [1.807, 2.05) is 0 Å². The Morgan fingerprint density at radius 1 is 1.00 bits per heavy atom. The van der Waals surface area contributed by atoms with E-state index >= 15 is 0 Å². The average Bonchev–Trinajstić information content (AvgIpc) is 2.25. The zero-order chi connectivity index (χ0) is 12.0. The van der Waals surface area contributed by atoms with Gasteiger partial charge < -0.3 is 10.6 Å². The molecule has 16 heavy (non-hydrogen) atoms. The number of nitrogens with zero attached hydrogens (tertiary/aromatic N) is 2. The Bertz CT molecular complexity index is 172. The van der Waals surface area contributed by atoms with Gasteiger partial charge in [0.25, 0.3) is 0 Å². The van der Waals surface area contributed by atoms with Crippen molar-refractivity contribution >= 4 is 0 Å². The zero-order valence-corrected chi connectivity index (χ0v) is 11.3. The molecule has 96 valence electrons. The summed E-state index contributed by atoms with van der Waals surface area (Å²) in [6.07, 6.45) is 5.17. The summed E-state index contributed by atoms with van der Waals surface area (Å²) in [7, 11) is 2.24. The second-order valence-electron chi connectivity index (χ2n) is 5.33. The quantitative estimate of drug-likeness (QED) is 0.699. The van der Waals surface area contributed by atoms with Gasteiger partial charge in [-0.2, -0.15) is 0 Å². The predicted molar refractivity (Wildman–Crippen MR) is 70.6 cm³/mol. The summed E-state index contributed by atoms with van der Waals surface area (Å²) in [6.45, 7) is 9.25. The van der Waals surface area contributed by atoms with Gasteiger partial charge in [-0.05, 0) is 46.8 Å². The van der Waals surface area contributed by atoms with Crippen molar-refractivity contribution in [2.45, 2.75) is 51.6 Å². The normalized spacial score (nSPS) is 28.5. The molecule has 3 heteroatoms. The lowest BCUT2D eigenvalue weighted by Crippen LogP contribution is -2.54. The lowest BCUT2D eigenvalue weighted by Gasteiger charge is -2.42. The molecular formula is C13H29N3. The molecule has 0 saturated carbocycles. The molecule has 0 spiro atoms. The number of unbranched alkanes of at least 4 members (excludes halogenated alkanes) is 3. The van der Waals surface area contributed by atoms with Gasteiger partial charge in [0.15, 0.2) is 0 Å². The van der Waals surface area contributed by atoms with Crippen molar-refractivity contribution in [1.82, 2.24) is 9.80 Å². The fourth-order valence-electron chi connectivity index (χ4n) is 2.53. The maximum Gasteiger partial charge on any atom is 0.0195 e. The van der Waals surface area contributed by atoms with Gasteiger partial charge in [-0.25, -0.2) is 0 Å². The minimum atomic E-state index is 0.702. The van der Waals surface area contributed by atoms with Gasteiger partial charge in [0.1, 0.15) is 0 Å². The first-order chi connectivity index (χ1) is 7.65. The van der Waals surface area contributed by atoms with Crippen LogP contribution in [0.25, 0.3) is 0 Å². The minimum absolute atomic E-state index is 0.702. The highest BCUT2D eigenvalue weighted by Gasteiger charge is 2.25. The molecule has 3 nitrogen and oxygen atoms in total. The van der Waals surface area contributed by atoms with Crippen LogP contribution in [0, 0.1) is 0 Å². The van der Waals surface area contributed by atoms with Crippen LogP contribution >= 0.6 is 0 Å². The molecule has 0 aromatic rings. The Morgan fingerprint density at radius 3 is 2.12 bits per heavy atom. The molecular weight excluding hydrogens is 198 g/mol. The van der Waals surface area contributed by atoms with Crippen LogP contribution in [0.5, 0.6) is 0 Å². The summed E-state index contributed by atoms with van der Waals surface area (Å²) in [5.74, 6) is 0. The van der Waals surface area contributed by atoms with Crippen LogP contribution < -0.4 is 5.73 Å². The number of hydrogen-bond acceptors (Lipinski definition) is 3. The Morgan fingerprint density at radius 2 is 1.56 bits per heavy atom. The van der Waals surface area contributed by atoms with E-state index in [1.54, 1.807) is 0 Å². The smallest absolute Gasteiger partial charge is 0.0195 e. The molecule has 1 saturated heterocycles. The summed E-state index contributed by atoms with van der Waals surface area (Å²) in [5.41, 5.74) is 5.49. The highest BCUT2D eigenvalue weighted by molar-refractivity contribution is 4.82. The van der Waals surface area contributed by atoms with Crippen molar-refractivity contribution in [2.75, 3.05) is 33.2 Å². The molecule has 0 amide bonds. The number of hydrogen-bond donors (Lipinski definition) is 1. The second kappa shape index (κ2) is 7.25. The van der Waals surface area contributed by atoms with Crippen molar-refractivity contribution in [3.63, 3.8) is 0 Å². The van der Waals surface area contributed by atoms with Crippen molar-refractivity contribution in [1.29, 1.82) is 0 Å². The summed E-state index contributed by atoms with van der Waals surface area (Å²) in [4.78, 5) is 5.11. The van der Waals surface area contributed by atoms with Crippen molar-refractivity contribution < 1.29 is 0 Å². The standard InChI is InChI=1S/C13H29N3/c1-12-10-16(11-13(2)15(12)3)9-7-5-4-6-8-14/h12-13H,4-11,14H2,1-3H3. The number of rotatable bonds is 6. The van der Waals surface area contributed by atoms with E-state index in [1.165, 1.54) is 45.3 Å². The molecule has 1 rings (SSSR count). The third-order valence-corrected chi connectivity index (χ3v) is 3.86. The summed E-state index contributed by atoms with van der Waals surface area (Å²) < 4.78 is 0. The van der Waals surface area contributed by atoms with Crippen LogP contribution in [0.3, 0.4) is 0 Å². The fourth-order valence-corrected chi connectivity index (χ4v) is 2.53. The second-order valence-corrected chi connectivity index (χ2v) is 5.33. The molecule has 0 aromatic carbocycles. The molecule has 2 unspecified atom stereocenters. The maximum absolute atomic E-state index is 5.49. The molecule has 2 atom stereocenters. The number of likely N-dealkylation sites (N-methyl/N-ethyl adjacent to an activating group) is 1. The molecule has 0 bridgehead atoms. The first-order valence-electron chi connectivity index (χ1n) is 6.79. The van der Waals surface area contributed by atoms with Crippen molar-refractivity contribution in [2.24, 2.45) is 5.73 Å². The van der Waals surface area contributed by atoms with Crippen LogP contribution in [0.15, 0.2) is 0 Å². The van der Waals surface area contributed by atoms with E-state index in [2.05, 4.69) is 30.7 Å². The monoisotopic (exact) mass is 227 g/mol. The molecule has 1 fully saturated rings. The van der Waals surface area contributed by atoms with E-state index in [0.717, 1.165) is 6.54 Å². The van der Waals surface area contributed by atoms with E-state index in [4.69, 9.17) is 5.73 Å². The van der Waals surface area contributed by atoms with Crippen LogP contribution in [0.2, 0.25) is 0 Å². The van der Waals surface area contributed by atoms with Gasteiger partial charge >= 0.3 is 0 Å². The minimum Gasteiger partial charge on any atom is -0.330 e. The van der Waals surface area contributed by atoms with Crippen molar-refractivity contribution in [3.8, 4) is 0 Å². The molecule has 1 aliphatic rings. The molecule has 0 aliphatic carbocycles. The summed E-state index contributed by atoms with van der Waals surface area (Å²) >= 11 is 0. The molecule has 2 N–H and O–H groups in total. The Kier molecular flexibility index (Phi) is 6.32. The van der Waals surface area contributed by atoms with Crippen LogP contribution in [-0.2, 0) is 0 Å². The van der Waals surface area contributed by atoms with Crippen molar-refractivity contribution in [3.05, 3.63) is 0 Å². The summed E-state index contributed by atoms with van der Waals surface area (Å²) in [6, 6.07) is 1.40. The number of piperazine rings is 1. The number of nitrogens with two attached hydrogens (primary N) is 1. The zero-order valence-electron chi connectivity index (χ0n) is 11.3. The van der Waals surface area contributed by atoms with Gasteiger partial charge in [0.2, 0.25) is 0 Å².